The Kier molecular flexibility index (Phi) is 7.50. The van der Waals surface area contributed by atoms with Gasteiger partial charge in [0.2, 0.25) is 5.91 Å². The largest absolute Gasteiger partial charge is 0.399 e. The molecular weight excluding hydrogens is 546 g/mol. The van der Waals surface area contributed by atoms with E-state index in [0.717, 1.165) is 39.1 Å². The molecule has 0 saturated carbocycles. The van der Waals surface area contributed by atoms with Crippen LogP contribution in [0.2, 0.25) is 5.02 Å². The second-order valence-corrected chi connectivity index (χ2v) is 11.0. The van der Waals surface area contributed by atoms with Crippen LogP contribution in [0, 0.1) is 0 Å². The lowest BCUT2D eigenvalue weighted by atomic mass is 9.93. The van der Waals surface area contributed by atoms with Crippen molar-refractivity contribution in [2.75, 3.05) is 12.3 Å². The number of imidazole rings is 1. The minimum absolute atomic E-state index is 0.240. The standard InChI is InChI=1S/C34H30ClN5O2/c35-31-13-11-25(17-30(31)24-8-6-23(7-9-24)22-4-2-1-3-5-22)32(41)40-34(18-26-10-12-28(36)16-27(26)19-34)33(42)38-15-14-29-20-37-21-39-29/h1-13,16-17,20-21H,14-15,18-19,36H2,(H,37,39)(H,38,42)(H,40,41). The number of carbonyl (C=O) groups excluding carboxylic acids is 2. The smallest absolute Gasteiger partial charge is 0.252 e. The molecule has 0 bridgehead atoms. The van der Waals surface area contributed by atoms with Gasteiger partial charge < -0.3 is 21.4 Å². The summed E-state index contributed by atoms with van der Waals surface area (Å²) in [6.45, 7) is 0.404. The fourth-order valence-corrected chi connectivity index (χ4v) is 5.78. The monoisotopic (exact) mass is 575 g/mol. The number of fused-ring (bicyclic) bond motifs is 1. The summed E-state index contributed by atoms with van der Waals surface area (Å²) < 4.78 is 0. The van der Waals surface area contributed by atoms with Crippen LogP contribution in [0.1, 0.15) is 27.2 Å². The molecule has 1 heterocycles. The van der Waals surface area contributed by atoms with Crippen LogP contribution in [0.5, 0.6) is 0 Å². The van der Waals surface area contributed by atoms with Crippen LogP contribution in [0.15, 0.2) is 104 Å². The molecule has 0 fully saturated rings. The van der Waals surface area contributed by atoms with Crippen molar-refractivity contribution in [1.29, 1.82) is 0 Å². The van der Waals surface area contributed by atoms with Crippen molar-refractivity contribution in [2.45, 2.75) is 24.8 Å². The summed E-state index contributed by atoms with van der Waals surface area (Å²) in [5, 5.41) is 6.65. The zero-order chi connectivity index (χ0) is 29.1. The summed E-state index contributed by atoms with van der Waals surface area (Å²) in [7, 11) is 0. The lowest BCUT2D eigenvalue weighted by molar-refractivity contribution is -0.127. The third kappa shape index (κ3) is 5.64. The first-order chi connectivity index (χ1) is 20.4. The average molecular weight is 576 g/mol. The molecule has 5 N–H and O–H groups in total. The van der Waals surface area contributed by atoms with Crippen molar-refractivity contribution < 1.29 is 9.59 Å². The second kappa shape index (κ2) is 11.5. The van der Waals surface area contributed by atoms with E-state index in [1.807, 2.05) is 60.7 Å². The third-order valence-corrected chi connectivity index (χ3v) is 8.10. The molecule has 7 nitrogen and oxygen atoms in total. The molecule has 6 rings (SSSR count). The van der Waals surface area contributed by atoms with Gasteiger partial charge in [-0.15, -0.1) is 0 Å². The fourth-order valence-electron chi connectivity index (χ4n) is 5.55. The number of amides is 2. The van der Waals surface area contributed by atoms with Gasteiger partial charge in [0.15, 0.2) is 0 Å². The van der Waals surface area contributed by atoms with Gasteiger partial charge in [-0.05, 0) is 58.1 Å². The summed E-state index contributed by atoms with van der Waals surface area (Å²) >= 11 is 6.60. The normalized spacial score (nSPS) is 15.6. The van der Waals surface area contributed by atoms with Crippen LogP contribution in [-0.4, -0.2) is 33.9 Å². The van der Waals surface area contributed by atoms with Crippen molar-refractivity contribution in [3.05, 3.63) is 131 Å². The van der Waals surface area contributed by atoms with Gasteiger partial charge >= 0.3 is 0 Å². The zero-order valence-corrected chi connectivity index (χ0v) is 23.6. The van der Waals surface area contributed by atoms with Crippen molar-refractivity contribution in [1.82, 2.24) is 20.6 Å². The highest BCUT2D eigenvalue weighted by Gasteiger charge is 2.45. The lowest BCUT2D eigenvalue weighted by Crippen LogP contribution is -2.60. The number of hydrogen-bond donors (Lipinski definition) is 4. The van der Waals surface area contributed by atoms with Gasteiger partial charge in [0.05, 0.1) is 6.33 Å². The molecule has 0 aliphatic heterocycles. The Hall–Kier alpha value is -4.88. The van der Waals surface area contributed by atoms with Gasteiger partial charge in [-0.1, -0.05) is 72.3 Å². The minimum Gasteiger partial charge on any atom is -0.399 e. The Labute approximate surface area is 249 Å². The first-order valence-corrected chi connectivity index (χ1v) is 14.2. The molecule has 1 atom stereocenters. The highest BCUT2D eigenvalue weighted by atomic mass is 35.5. The average Bonchev–Trinajstić information content (AvgIpc) is 3.66. The number of halogens is 1. The molecule has 210 valence electrons. The molecule has 1 unspecified atom stereocenters. The maximum Gasteiger partial charge on any atom is 0.252 e. The molecule has 42 heavy (non-hydrogen) atoms. The second-order valence-electron chi connectivity index (χ2n) is 10.6. The third-order valence-electron chi connectivity index (χ3n) is 7.77. The molecule has 0 spiro atoms. The molecule has 8 heteroatoms. The van der Waals surface area contributed by atoms with E-state index >= 15 is 0 Å². The van der Waals surface area contributed by atoms with Crippen molar-refractivity contribution >= 4 is 29.1 Å². The van der Waals surface area contributed by atoms with Crippen molar-refractivity contribution in [2.24, 2.45) is 0 Å². The van der Waals surface area contributed by atoms with Crippen LogP contribution in [0.4, 0.5) is 5.69 Å². The Morgan fingerprint density at radius 2 is 1.62 bits per heavy atom. The molecule has 1 aliphatic rings. The van der Waals surface area contributed by atoms with Gasteiger partial charge in [-0.2, -0.15) is 0 Å². The van der Waals surface area contributed by atoms with Gasteiger partial charge in [0, 0.05) is 59.5 Å². The minimum atomic E-state index is -1.15. The number of nitrogens with one attached hydrogen (secondary N) is 3. The Bertz CT molecular complexity index is 1740. The number of benzene rings is 4. The molecule has 2 amide bonds. The molecular formula is C34H30ClN5O2. The number of nitrogen functional groups attached to an aromatic ring is 1. The van der Waals surface area contributed by atoms with Gasteiger partial charge in [0.25, 0.3) is 5.91 Å². The summed E-state index contributed by atoms with van der Waals surface area (Å²) in [5.74, 6) is -0.589. The number of aromatic amines is 1. The van der Waals surface area contributed by atoms with E-state index in [9.17, 15) is 9.59 Å². The summed E-state index contributed by atoms with van der Waals surface area (Å²) in [4.78, 5) is 34.5. The highest BCUT2D eigenvalue weighted by Crippen LogP contribution is 2.34. The quantitative estimate of drug-likeness (QED) is 0.180. The summed E-state index contributed by atoms with van der Waals surface area (Å²) in [5.41, 5.74) is 12.6. The van der Waals surface area contributed by atoms with Crippen molar-refractivity contribution in [3.8, 4) is 22.3 Å². The predicted octanol–water partition coefficient (Wildman–Crippen LogP) is 5.61. The Balaban J connectivity index is 1.24. The topological polar surface area (TPSA) is 113 Å². The maximum atomic E-state index is 13.8. The van der Waals surface area contributed by atoms with E-state index < -0.39 is 5.54 Å². The van der Waals surface area contributed by atoms with E-state index in [4.69, 9.17) is 17.3 Å². The van der Waals surface area contributed by atoms with Gasteiger partial charge in [-0.3, -0.25) is 9.59 Å². The predicted molar refractivity (Wildman–Crippen MR) is 166 cm³/mol. The van der Waals surface area contributed by atoms with Crippen LogP contribution in [0.25, 0.3) is 22.3 Å². The van der Waals surface area contributed by atoms with Crippen LogP contribution in [0.3, 0.4) is 0 Å². The van der Waals surface area contributed by atoms with E-state index in [1.165, 1.54) is 0 Å². The summed E-state index contributed by atoms with van der Waals surface area (Å²) in [6.07, 6.45) is 4.64. The highest BCUT2D eigenvalue weighted by molar-refractivity contribution is 6.33. The number of nitrogens with two attached hydrogens (primary N) is 1. The zero-order valence-electron chi connectivity index (χ0n) is 22.9. The van der Waals surface area contributed by atoms with Crippen LogP contribution < -0.4 is 16.4 Å². The van der Waals surface area contributed by atoms with Crippen LogP contribution in [-0.2, 0) is 24.1 Å². The van der Waals surface area contributed by atoms with E-state index in [1.54, 1.807) is 30.7 Å². The first kappa shape index (κ1) is 27.3. The number of nitrogens with zero attached hydrogens (tertiary/aromatic N) is 1. The lowest BCUT2D eigenvalue weighted by Gasteiger charge is -2.29. The molecule has 0 saturated heterocycles. The van der Waals surface area contributed by atoms with E-state index in [2.05, 4.69) is 32.7 Å². The van der Waals surface area contributed by atoms with Gasteiger partial charge in [0.1, 0.15) is 5.54 Å². The Morgan fingerprint density at radius 1 is 0.881 bits per heavy atom. The van der Waals surface area contributed by atoms with E-state index in [-0.39, 0.29) is 11.8 Å². The van der Waals surface area contributed by atoms with E-state index in [0.29, 0.717) is 42.1 Å². The number of rotatable bonds is 8. The number of H-pyrrole nitrogens is 1. The molecule has 1 aromatic heterocycles. The van der Waals surface area contributed by atoms with Crippen LogP contribution >= 0.6 is 11.6 Å². The number of hydrogen-bond acceptors (Lipinski definition) is 4. The van der Waals surface area contributed by atoms with Crippen molar-refractivity contribution in [3.63, 3.8) is 0 Å². The maximum absolute atomic E-state index is 13.8. The number of anilines is 1. The first-order valence-electron chi connectivity index (χ1n) is 13.8. The Morgan fingerprint density at radius 3 is 2.38 bits per heavy atom. The fraction of sp³-hybridized carbons (Fsp3) is 0.147. The molecule has 5 aromatic rings. The number of carbonyl (C=O) groups is 2. The number of aromatic nitrogens is 2. The molecule has 4 aromatic carbocycles. The summed E-state index contributed by atoms with van der Waals surface area (Å²) in [6, 6.07) is 29.0. The molecule has 1 aliphatic carbocycles. The van der Waals surface area contributed by atoms with Gasteiger partial charge in [-0.25, -0.2) is 4.98 Å². The molecule has 0 radical (unpaired) electrons. The SMILES string of the molecule is Nc1ccc2c(c1)CC(NC(=O)c1ccc(Cl)c(-c3ccc(-c4ccccc4)cc3)c1)(C(=O)NCCc1cnc[nH]1)C2.